The Labute approximate surface area is 170 Å². The van der Waals surface area contributed by atoms with Crippen LogP contribution in [-0.2, 0) is 20.8 Å². The lowest BCUT2D eigenvalue weighted by molar-refractivity contribution is -0.142. The van der Waals surface area contributed by atoms with Gasteiger partial charge in [0.05, 0.1) is 6.04 Å². The minimum absolute atomic E-state index is 0.111. The summed E-state index contributed by atoms with van der Waals surface area (Å²) in [5, 5.41) is 14.6. The number of nitrogens with one attached hydrogen (secondary N) is 2. The van der Waals surface area contributed by atoms with Crippen LogP contribution in [0.3, 0.4) is 0 Å². The molecule has 0 saturated carbocycles. The molecule has 0 fully saturated rings. The van der Waals surface area contributed by atoms with E-state index in [0.717, 1.165) is 5.56 Å². The van der Waals surface area contributed by atoms with Gasteiger partial charge < -0.3 is 21.5 Å². The summed E-state index contributed by atoms with van der Waals surface area (Å²) in [6, 6.07) is 6.79. The number of amides is 2. The largest absolute Gasteiger partial charge is 0.480 e. The van der Waals surface area contributed by atoms with Crippen LogP contribution in [0.2, 0.25) is 0 Å². The number of carboxylic acid groups (broad SMARTS) is 1. The zero-order valence-corrected chi connectivity index (χ0v) is 17.5. The molecule has 0 heterocycles. The smallest absolute Gasteiger partial charge is 0.326 e. The fraction of sp³-hybridized carbons (Fsp3) is 0.550. The number of benzene rings is 1. The Kier molecular flexibility index (Phi) is 10.6. The second kappa shape index (κ2) is 12.4. The molecule has 28 heavy (non-hydrogen) atoms. The van der Waals surface area contributed by atoms with Crippen LogP contribution in [-0.4, -0.2) is 53.0 Å². The molecular formula is C20H31N3O4S. The van der Waals surface area contributed by atoms with E-state index in [1.54, 1.807) is 11.8 Å². The Balaban J connectivity index is 2.75. The summed E-state index contributed by atoms with van der Waals surface area (Å²) in [5.74, 6) is -1.25. The molecule has 5 N–H and O–H groups in total. The Morgan fingerprint density at radius 2 is 1.68 bits per heavy atom. The second-order valence-corrected chi connectivity index (χ2v) is 8.15. The highest BCUT2D eigenvalue weighted by atomic mass is 32.2. The minimum Gasteiger partial charge on any atom is -0.480 e. The molecular weight excluding hydrogens is 378 g/mol. The molecule has 8 heteroatoms. The van der Waals surface area contributed by atoms with Crippen LogP contribution < -0.4 is 16.4 Å². The van der Waals surface area contributed by atoms with E-state index in [0.29, 0.717) is 25.0 Å². The van der Waals surface area contributed by atoms with Gasteiger partial charge in [0.25, 0.3) is 0 Å². The molecule has 1 aromatic rings. The number of nitrogens with two attached hydrogens (primary N) is 1. The van der Waals surface area contributed by atoms with Crippen molar-refractivity contribution in [2.24, 2.45) is 11.7 Å². The number of carbonyl (C=O) groups excluding carboxylic acids is 2. The van der Waals surface area contributed by atoms with Crippen molar-refractivity contribution in [3.63, 3.8) is 0 Å². The standard InChI is InChI=1S/C20H31N3O4S/c1-13(2)11-17(20(26)27)23-19(25)16(9-10-28-3)22-18(24)15(21)12-14-7-5-4-6-8-14/h4-8,13,15-17H,9-12,21H2,1-3H3,(H,22,24)(H,23,25)(H,26,27)/t15-,16-,17-/m0/s1. The summed E-state index contributed by atoms with van der Waals surface area (Å²) in [5.41, 5.74) is 6.93. The van der Waals surface area contributed by atoms with Gasteiger partial charge in [0.15, 0.2) is 0 Å². The third-order valence-corrected chi connectivity index (χ3v) is 4.84. The molecule has 1 rings (SSSR count). The van der Waals surface area contributed by atoms with Crippen molar-refractivity contribution in [2.75, 3.05) is 12.0 Å². The summed E-state index contributed by atoms with van der Waals surface area (Å²) >= 11 is 1.54. The molecule has 2 amide bonds. The van der Waals surface area contributed by atoms with Crippen LogP contribution in [0.1, 0.15) is 32.3 Å². The Morgan fingerprint density at radius 1 is 1.07 bits per heavy atom. The van der Waals surface area contributed by atoms with Crippen LogP contribution in [0.15, 0.2) is 30.3 Å². The second-order valence-electron chi connectivity index (χ2n) is 7.17. The first-order valence-electron chi connectivity index (χ1n) is 9.36. The van der Waals surface area contributed by atoms with Crippen molar-refractivity contribution >= 4 is 29.5 Å². The van der Waals surface area contributed by atoms with Crippen LogP contribution in [0.4, 0.5) is 0 Å². The number of thioether (sulfide) groups is 1. The fourth-order valence-electron chi connectivity index (χ4n) is 2.71. The minimum atomic E-state index is -1.09. The average molecular weight is 410 g/mol. The summed E-state index contributed by atoms with van der Waals surface area (Å²) in [7, 11) is 0. The Hall–Kier alpha value is -2.06. The zero-order valence-electron chi connectivity index (χ0n) is 16.7. The predicted molar refractivity (Wildman–Crippen MR) is 112 cm³/mol. The van der Waals surface area contributed by atoms with Crippen LogP contribution in [0.5, 0.6) is 0 Å². The number of carbonyl (C=O) groups is 3. The van der Waals surface area contributed by atoms with Crippen molar-refractivity contribution in [3.8, 4) is 0 Å². The number of aliphatic carboxylic acids is 1. The van der Waals surface area contributed by atoms with Crippen molar-refractivity contribution in [1.29, 1.82) is 0 Å². The third-order valence-electron chi connectivity index (χ3n) is 4.20. The predicted octanol–water partition coefficient (Wildman–Crippen LogP) is 1.41. The van der Waals surface area contributed by atoms with Gasteiger partial charge in [-0.2, -0.15) is 11.8 Å². The molecule has 0 aromatic heterocycles. The SMILES string of the molecule is CSCC[C@H](NC(=O)[C@@H](N)Cc1ccccc1)C(=O)N[C@@H](CC(C)C)C(=O)O. The van der Waals surface area contributed by atoms with E-state index in [-0.39, 0.29) is 5.92 Å². The van der Waals surface area contributed by atoms with Gasteiger partial charge in [0.1, 0.15) is 12.1 Å². The molecule has 0 aliphatic rings. The van der Waals surface area contributed by atoms with E-state index >= 15 is 0 Å². The number of rotatable bonds is 12. The van der Waals surface area contributed by atoms with E-state index in [1.807, 2.05) is 50.4 Å². The summed E-state index contributed by atoms with van der Waals surface area (Å²) in [4.78, 5) is 36.5. The Bertz CT molecular complexity index is 640. The van der Waals surface area contributed by atoms with Gasteiger partial charge in [0.2, 0.25) is 11.8 Å². The quantitative estimate of drug-likeness (QED) is 0.414. The first-order valence-corrected chi connectivity index (χ1v) is 10.8. The average Bonchev–Trinajstić information content (AvgIpc) is 2.64. The summed E-state index contributed by atoms with van der Waals surface area (Å²) in [6.45, 7) is 3.77. The molecule has 7 nitrogen and oxygen atoms in total. The van der Waals surface area contributed by atoms with Gasteiger partial charge in [-0.3, -0.25) is 9.59 Å². The summed E-state index contributed by atoms with van der Waals surface area (Å²) in [6.07, 6.45) is 2.97. The Morgan fingerprint density at radius 3 is 2.21 bits per heavy atom. The highest BCUT2D eigenvalue weighted by Crippen LogP contribution is 2.08. The van der Waals surface area contributed by atoms with Crippen molar-refractivity contribution < 1.29 is 19.5 Å². The molecule has 0 radical (unpaired) electrons. The topological polar surface area (TPSA) is 122 Å². The van der Waals surface area contributed by atoms with Gasteiger partial charge >= 0.3 is 5.97 Å². The molecule has 0 saturated heterocycles. The molecule has 0 aliphatic heterocycles. The number of hydrogen-bond donors (Lipinski definition) is 4. The number of hydrogen-bond acceptors (Lipinski definition) is 5. The van der Waals surface area contributed by atoms with E-state index < -0.39 is 35.9 Å². The maximum absolute atomic E-state index is 12.6. The monoisotopic (exact) mass is 409 g/mol. The fourth-order valence-corrected chi connectivity index (χ4v) is 3.18. The molecule has 0 aliphatic carbocycles. The van der Waals surface area contributed by atoms with Gasteiger partial charge in [0, 0.05) is 0 Å². The lowest BCUT2D eigenvalue weighted by Crippen LogP contribution is -2.55. The summed E-state index contributed by atoms with van der Waals surface area (Å²) < 4.78 is 0. The van der Waals surface area contributed by atoms with E-state index in [9.17, 15) is 19.5 Å². The molecule has 1 aromatic carbocycles. The first kappa shape index (κ1) is 24.0. The van der Waals surface area contributed by atoms with Crippen molar-refractivity contribution in [1.82, 2.24) is 10.6 Å². The van der Waals surface area contributed by atoms with Gasteiger partial charge in [-0.25, -0.2) is 4.79 Å². The maximum Gasteiger partial charge on any atom is 0.326 e. The molecule has 156 valence electrons. The van der Waals surface area contributed by atoms with E-state index in [4.69, 9.17) is 5.73 Å². The van der Waals surface area contributed by atoms with Crippen LogP contribution >= 0.6 is 11.8 Å². The van der Waals surface area contributed by atoms with Crippen LogP contribution in [0.25, 0.3) is 0 Å². The lowest BCUT2D eigenvalue weighted by Gasteiger charge is -2.23. The third kappa shape index (κ3) is 8.75. The normalized spacial score (nSPS) is 14.2. The molecule has 3 atom stereocenters. The van der Waals surface area contributed by atoms with Gasteiger partial charge in [-0.1, -0.05) is 44.2 Å². The molecule has 0 spiro atoms. The maximum atomic E-state index is 12.6. The number of carboxylic acids is 1. The zero-order chi connectivity index (χ0) is 21.1. The van der Waals surface area contributed by atoms with Crippen molar-refractivity contribution in [3.05, 3.63) is 35.9 Å². The first-order chi connectivity index (χ1) is 13.2. The highest BCUT2D eigenvalue weighted by molar-refractivity contribution is 7.98. The van der Waals surface area contributed by atoms with E-state index in [1.165, 1.54) is 0 Å². The molecule has 0 bridgehead atoms. The highest BCUT2D eigenvalue weighted by Gasteiger charge is 2.28. The molecule has 0 unspecified atom stereocenters. The van der Waals surface area contributed by atoms with Gasteiger partial charge in [-0.15, -0.1) is 0 Å². The van der Waals surface area contributed by atoms with Gasteiger partial charge in [-0.05, 0) is 42.8 Å². The van der Waals surface area contributed by atoms with Crippen molar-refractivity contribution in [2.45, 2.75) is 51.2 Å². The van der Waals surface area contributed by atoms with E-state index in [2.05, 4.69) is 10.6 Å². The van der Waals surface area contributed by atoms with Crippen LogP contribution in [0, 0.1) is 5.92 Å². The lowest BCUT2D eigenvalue weighted by atomic mass is 10.0.